The zero-order valence-corrected chi connectivity index (χ0v) is 16.7. The molecule has 6 nitrogen and oxygen atoms in total. The maximum absolute atomic E-state index is 13.2. The normalized spacial score (nSPS) is 15.5. The summed E-state index contributed by atoms with van der Waals surface area (Å²) < 4.78 is 12.9. The van der Waals surface area contributed by atoms with E-state index in [1.54, 1.807) is 32.4 Å². The molecule has 2 heterocycles. The number of fused-ring (bicyclic) bond motifs is 1. The minimum absolute atomic E-state index is 0.0337. The van der Waals surface area contributed by atoms with Gasteiger partial charge in [0.1, 0.15) is 11.5 Å². The molecule has 1 N–H and O–H groups in total. The smallest absolute Gasteiger partial charge is 0.322 e. The number of nitrogens with zero attached hydrogens (tertiary/aromatic N) is 2. The molecule has 0 radical (unpaired) electrons. The van der Waals surface area contributed by atoms with E-state index in [1.165, 1.54) is 5.56 Å². The van der Waals surface area contributed by atoms with Gasteiger partial charge in [0.2, 0.25) is 0 Å². The first-order valence-electron chi connectivity index (χ1n) is 9.67. The van der Waals surface area contributed by atoms with Crippen LogP contribution >= 0.6 is 0 Å². The van der Waals surface area contributed by atoms with Crippen molar-refractivity contribution in [1.82, 2.24) is 9.47 Å². The molecule has 0 saturated heterocycles. The molecule has 0 fully saturated rings. The Balaban J connectivity index is 1.59. The van der Waals surface area contributed by atoms with Crippen LogP contribution in [0.4, 0.5) is 10.5 Å². The average Bonchev–Trinajstić information content (AvgIpc) is 3.23. The largest absolute Gasteiger partial charge is 0.497 e. The molecule has 0 saturated carbocycles. The Hall–Kier alpha value is -3.41. The lowest BCUT2D eigenvalue weighted by Gasteiger charge is -2.37. The highest BCUT2D eigenvalue weighted by Gasteiger charge is 2.31. The number of amides is 2. The zero-order valence-electron chi connectivity index (χ0n) is 16.7. The van der Waals surface area contributed by atoms with Crippen molar-refractivity contribution in [3.8, 4) is 11.5 Å². The van der Waals surface area contributed by atoms with Gasteiger partial charge < -0.3 is 24.3 Å². The van der Waals surface area contributed by atoms with E-state index < -0.39 is 0 Å². The number of methoxy groups -OCH3 is 2. The average molecular weight is 391 g/mol. The van der Waals surface area contributed by atoms with Crippen molar-refractivity contribution in [2.75, 3.05) is 26.1 Å². The minimum Gasteiger partial charge on any atom is -0.497 e. The second-order valence-electron chi connectivity index (χ2n) is 7.06. The molecule has 1 atom stereocenters. The van der Waals surface area contributed by atoms with Gasteiger partial charge in [0.15, 0.2) is 0 Å². The molecule has 0 spiro atoms. The topological polar surface area (TPSA) is 55.7 Å². The first-order valence-corrected chi connectivity index (χ1v) is 9.67. The summed E-state index contributed by atoms with van der Waals surface area (Å²) in [5, 5.41) is 3.02. The van der Waals surface area contributed by atoms with Gasteiger partial charge in [-0.2, -0.15) is 0 Å². The van der Waals surface area contributed by atoms with Crippen LogP contribution in [-0.2, 0) is 13.0 Å². The predicted molar refractivity (Wildman–Crippen MR) is 113 cm³/mol. The molecule has 1 aliphatic heterocycles. The van der Waals surface area contributed by atoms with Gasteiger partial charge in [0.25, 0.3) is 0 Å². The fourth-order valence-corrected chi connectivity index (χ4v) is 3.83. The van der Waals surface area contributed by atoms with Crippen LogP contribution in [0.25, 0.3) is 0 Å². The number of carbonyl (C=O) groups is 1. The van der Waals surface area contributed by atoms with Gasteiger partial charge in [-0.1, -0.05) is 30.3 Å². The van der Waals surface area contributed by atoms with Crippen LogP contribution in [0.1, 0.15) is 17.3 Å². The first-order chi connectivity index (χ1) is 14.2. The first kappa shape index (κ1) is 18.9. The molecular formula is C23H25N3O3. The Kier molecular flexibility index (Phi) is 5.42. The van der Waals surface area contributed by atoms with Gasteiger partial charge in [-0.15, -0.1) is 0 Å². The van der Waals surface area contributed by atoms with Crippen molar-refractivity contribution in [2.45, 2.75) is 19.0 Å². The Labute approximate surface area is 170 Å². The van der Waals surface area contributed by atoms with E-state index in [4.69, 9.17) is 9.47 Å². The van der Waals surface area contributed by atoms with Gasteiger partial charge >= 0.3 is 6.03 Å². The molecule has 0 aliphatic carbocycles. The van der Waals surface area contributed by atoms with Crippen LogP contribution in [0.2, 0.25) is 0 Å². The van der Waals surface area contributed by atoms with Gasteiger partial charge in [0, 0.05) is 48.9 Å². The summed E-state index contributed by atoms with van der Waals surface area (Å²) in [4.78, 5) is 15.1. The number of urea groups is 1. The van der Waals surface area contributed by atoms with E-state index in [1.807, 2.05) is 29.2 Å². The molecule has 0 bridgehead atoms. The zero-order chi connectivity index (χ0) is 20.2. The second kappa shape index (κ2) is 8.31. The number of carbonyl (C=O) groups excluding carboxylic acids is 1. The van der Waals surface area contributed by atoms with Crippen LogP contribution in [-0.4, -0.2) is 36.3 Å². The summed E-state index contributed by atoms with van der Waals surface area (Å²) in [6.45, 7) is 1.43. The summed E-state index contributed by atoms with van der Waals surface area (Å²) >= 11 is 0. The molecule has 2 amide bonds. The third kappa shape index (κ3) is 4.06. The molecule has 1 aliphatic rings. The molecule has 6 heteroatoms. The fourth-order valence-electron chi connectivity index (χ4n) is 3.83. The minimum atomic E-state index is -0.131. The lowest BCUT2D eigenvalue weighted by molar-refractivity contribution is 0.167. The summed E-state index contributed by atoms with van der Waals surface area (Å²) in [5.41, 5.74) is 3.00. The number of benzene rings is 2. The van der Waals surface area contributed by atoms with Crippen molar-refractivity contribution in [3.05, 3.63) is 78.1 Å². The fraction of sp³-hybridized carbons (Fsp3) is 0.261. The number of nitrogens with one attached hydrogen (secondary N) is 1. The Bertz CT molecular complexity index is 962. The molecule has 4 rings (SSSR count). The Morgan fingerprint density at radius 3 is 2.41 bits per heavy atom. The number of aromatic nitrogens is 1. The van der Waals surface area contributed by atoms with E-state index in [2.05, 4.69) is 34.3 Å². The summed E-state index contributed by atoms with van der Waals surface area (Å²) in [7, 11) is 3.18. The van der Waals surface area contributed by atoms with E-state index in [0.717, 1.165) is 18.7 Å². The van der Waals surface area contributed by atoms with E-state index in [9.17, 15) is 4.79 Å². The predicted octanol–water partition coefficient (Wildman–Crippen LogP) is 4.34. The van der Waals surface area contributed by atoms with Crippen molar-refractivity contribution < 1.29 is 14.3 Å². The lowest BCUT2D eigenvalue weighted by Crippen LogP contribution is -2.44. The van der Waals surface area contributed by atoms with Crippen molar-refractivity contribution in [2.24, 2.45) is 0 Å². The van der Waals surface area contributed by atoms with Crippen molar-refractivity contribution >= 4 is 11.7 Å². The van der Waals surface area contributed by atoms with Gasteiger partial charge in [-0.3, -0.25) is 0 Å². The summed E-state index contributed by atoms with van der Waals surface area (Å²) in [6, 6.07) is 19.6. The lowest BCUT2D eigenvalue weighted by atomic mass is 10.0. The number of hydrogen-bond donors (Lipinski definition) is 1. The summed E-state index contributed by atoms with van der Waals surface area (Å²) in [6.07, 6.45) is 2.84. The quantitative estimate of drug-likeness (QED) is 0.704. The number of rotatable bonds is 5. The third-order valence-corrected chi connectivity index (χ3v) is 5.30. The maximum Gasteiger partial charge on any atom is 0.322 e. The standard InChI is InChI=1S/C23H25N3O3/c1-28-19-14-18(15-20(16-19)29-2)24-23(27)26-12-11-25-10-6-9-21(25)22(26)13-17-7-4-3-5-8-17/h3-10,14-16,22H,11-13H2,1-2H3,(H,24,27)/t22-/m1/s1. The van der Waals surface area contributed by atoms with Gasteiger partial charge in [-0.25, -0.2) is 4.79 Å². The van der Waals surface area contributed by atoms with Crippen LogP contribution in [0, 0.1) is 0 Å². The van der Waals surface area contributed by atoms with Gasteiger partial charge in [0.05, 0.1) is 20.3 Å². The molecule has 29 heavy (non-hydrogen) atoms. The molecule has 2 aromatic carbocycles. The molecule has 1 aromatic heterocycles. The van der Waals surface area contributed by atoms with Crippen molar-refractivity contribution in [1.29, 1.82) is 0 Å². The van der Waals surface area contributed by atoms with Crippen LogP contribution in [0.5, 0.6) is 11.5 Å². The van der Waals surface area contributed by atoms with E-state index >= 15 is 0 Å². The van der Waals surface area contributed by atoms with Crippen LogP contribution in [0.15, 0.2) is 66.9 Å². The Morgan fingerprint density at radius 1 is 1.00 bits per heavy atom. The highest BCUT2D eigenvalue weighted by atomic mass is 16.5. The van der Waals surface area contributed by atoms with Crippen LogP contribution < -0.4 is 14.8 Å². The molecule has 0 unspecified atom stereocenters. The van der Waals surface area contributed by atoms with E-state index in [0.29, 0.717) is 23.7 Å². The molecule has 150 valence electrons. The highest BCUT2D eigenvalue weighted by Crippen LogP contribution is 2.31. The highest BCUT2D eigenvalue weighted by molar-refractivity contribution is 5.90. The third-order valence-electron chi connectivity index (χ3n) is 5.30. The SMILES string of the molecule is COc1cc(NC(=O)N2CCn3cccc3[C@H]2Cc2ccccc2)cc(OC)c1. The Morgan fingerprint density at radius 2 is 1.72 bits per heavy atom. The van der Waals surface area contributed by atoms with Crippen LogP contribution in [0.3, 0.4) is 0 Å². The molecule has 3 aromatic rings. The molecular weight excluding hydrogens is 366 g/mol. The van der Waals surface area contributed by atoms with E-state index in [-0.39, 0.29) is 12.1 Å². The summed E-state index contributed by atoms with van der Waals surface area (Å²) in [5.74, 6) is 1.26. The maximum atomic E-state index is 13.2. The number of ether oxygens (including phenoxy) is 2. The van der Waals surface area contributed by atoms with Crippen molar-refractivity contribution in [3.63, 3.8) is 0 Å². The second-order valence-corrected chi connectivity index (χ2v) is 7.06. The number of anilines is 1. The monoisotopic (exact) mass is 391 g/mol. The number of hydrogen-bond acceptors (Lipinski definition) is 3. The van der Waals surface area contributed by atoms with Gasteiger partial charge in [-0.05, 0) is 24.1 Å².